The summed E-state index contributed by atoms with van der Waals surface area (Å²) in [5.41, 5.74) is -0.630. The molecule has 32 heavy (non-hydrogen) atoms. The van der Waals surface area contributed by atoms with Crippen LogP contribution in [0.25, 0.3) is 0 Å². The summed E-state index contributed by atoms with van der Waals surface area (Å²) in [5, 5.41) is 2.08. The minimum absolute atomic E-state index is 0.212. The molecule has 3 rings (SSSR count). The van der Waals surface area contributed by atoms with Crippen LogP contribution < -0.4 is 10.4 Å². The second-order valence-electron chi connectivity index (χ2n) is 10.5. The molecular formula is C26H36FNO3Si. The molecule has 0 spiro atoms. The SMILES string of the molecule is CC(C)(C)OC(=O)N1CC[C@H](O[Si](c2ccccc2)(c2ccccc2)C(C)(C)C)[C@H]1CF. The number of carbonyl (C=O) groups is 1. The molecule has 1 aliphatic heterocycles. The number of hydrogen-bond donors (Lipinski definition) is 0. The molecule has 0 N–H and O–H groups in total. The Hall–Kier alpha value is -2.18. The van der Waals surface area contributed by atoms with E-state index in [1.165, 1.54) is 4.90 Å². The van der Waals surface area contributed by atoms with Gasteiger partial charge in [-0.25, -0.2) is 9.18 Å². The summed E-state index contributed by atoms with van der Waals surface area (Å²) in [6, 6.07) is 19.9. The Morgan fingerprint density at radius 1 is 0.969 bits per heavy atom. The van der Waals surface area contributed by atoms with Crippen molar-refractivity contribution >= 4 is 24.8 Å². The second-order valence-corrected chi connectivity index (χ2v) is 14.8. The van der Waals surface area contributed by atoms with E-state index >= 15 is 0 Å². The maximum Gasteiger partial charge on any atom is 0.410 e. The predicted octanol–water partition coefficient (Wildman–Crippen LogP) is 4.91. The van der Waals surface area contributed by atoms with Gasteiger partial charge < -0.3 is 9.16 Å². The molecular weight excluding hydrogens is 421 g/mol. The summed E-state index contributed by atoms with van der Waals surface area (Å²) >= 11 is 0. The molecule has 0 aliphatic carbocycles. The lowest BCUT2D eigenvalue weighted by molar-refractivity contribution is 0.0135. The number of alkyl halides is 1. The van der Waals surface area contributed by atoms with Crippen molar-refractivity contribution in [2.45, 2.75) is 70.7 Å². The van der Waals surface area contributed by atoms with Gasteiger partial charge in [-0.1, -0.05) is 81.4 Å². The van der Waals surface area contributed by atoms with Crippen molar-refractivity contribution in [3.8, 4) is 0 Å². The first-order chi connectivity index (χ1) is 15.0. The minimum atomic E-state index is -2.83. The van der Waals surface area contributed by atoms with E-state index in [0.717, 1.165) is 10.4 Å². The van der Waals surface area contributed by atoms with Gasteiger partial charge in [0.25, 0.3) is 8.32 Å². The van der Waals surface area contributed by atoms with Gasteiger partial charge in [0, 0.05) is 6.54 Å². The van der Waals surface area contributed by atoms with Crippen LogP contribution in [0.3, 0.4) is 0 Å². The van der Waals surface area contributed by atoms with Gasteiger partial charge in [0.05, 0.1) is 12.1 Å². The Morgan fingerprint density at radius 3 is 1.88 bits per heavy atom. The smallest absolute Gasteiger partial charge is 0.410 e. The molecule has 6 heteroatoms. The number of nitrogens with zero attached hydrogens (tertiary/aromatic N) is 1. The van der Waals surface area contributed by atoms with Gasteiger partial charge in [-0.15, -0.1) is 0 Å². The number of hydrogen-bond acceptors (Lipinski definition) is 3. The molecule has 2 atom stereocenters. The fourth-order valence-electron chi connectivity index (χ4n) is 4.61. The van der Waals surface area contributed by atoms with Gasteiger partial charge in [-0.3, -0.25) is 4.90 Å². The third-order valence-electron chi connectivity index (χ3n) is 6.02. The Balaban J connectivity index is 2.03. The lowest BCUT2D eigenvalue weighted by Gasteiger charge is -2.45. The average Bonchev–Trinajstić information content (AvgIpc) is 3.14. The minimum Gasteiger partial charge on any atom is -0.444 e. The highest BCUT2D eigenvalue weighted by atomic mass is 28.4. The van der Waals surface area contributed by atoms with Crippen LogP contribution in [-0.2, 0) is 9.16 Å². The van der Waals surface area contributed by atoms with E-state index in [9.17, 15) is 9.18 Å². The number of benzene rings is 2. The molecule has 1 aliphatic rings. The van der Waals surface area contributed by atoms with Crippen molar-refractivity contribution < 1.29 is 18.3 Å². The lowest BCUT2D eigenvalue weighted by Crippen LogP contribution is -2.68. The molecule has 1 amide bonds. The Kier molecular flexibility index (Phi) is 7.15. The summed E-state index contributed by atoms with van der Waals surface area (Å²) in [4.78, 5) is 14.3. The molecule has 4 nitrogen and oxygen atoms in total. The quantitative estimate of drug-likeness (QED) is 0.599. The van der Waals surface area contributed by atoms with Crippen LogP contribution in [0.5, 0.6) is 0 Å². The molecule has 1 heterocycles. The fraction of sp³-hybridized carbons (Fsp3) is 0.500. The molecule has 2 aromatic rings. The number of likely N-dealkylation sites (tertiary alicyclic amines) is 1. The van der Waals surface area contributed by atoms with Crippen molar-refractivity contribution in [1.29, 1.82) is 0 Å². The Labute approximate surface area is 192 Å². The van der Waals surface area contributed by atoms with Gasteiger partial charge in [-0.2, -0.15) is 0 Å². The van der Waals surface area contributed by atoms with E-state index in [2.05, 4.69) is 45.0 Å². The van der Waals surface area contributed by atoms with Gasteiger partial charge in [0.1, 0.15) is 12.3 Å². The Bertz CT molecular complexity index is 853. The number of halogens is 1. The molecule has 0 bridgehead atoms. The average molecular weight is 458 g/mol. The highest BCUT2D eigenvalue weighted by Crippen LogP contribution is 2.39. The maximum atomic E-state index is 14.4. The molecule has 0 saturated carbocycles. The normalized spacial score (nSPS) is 19.8. The summed E-state index contributed by atoms with van der Waals surface area (Å²) < 4.78 is 27.0. The maximum absolute atomic E-state index is 14.4. The molecule has 1 saturated heterocycles. The van der Waals surface area contributed by atoms with Crippen molar-refractivity contribution in [2.75, 3.05) is 13.2 Å². The zero-order valence-corrected chi connectivity index (χ0v) is 21.1. The number of carbonyl (C=O) groups excluding carboxylic acids is 1. The number of rotatable bonds is 5. The van der Waals surface area contributed by atoms with Crippen molar-refractivity contribution in [2.24, 2.45) is 0 Å². The summed E-state index contributed by atoms with van der Waals surface area (Å²) in [7, 11) is -2.83. The van der Waals surface area contributed by atoms with Crippen LogP contribution in [0.1, 0.15) is 48.0 Å². The predicted molar refractivity (Wildman–Crippen MR) is 130 cm³/mol. The van der Waals surface area contributed by atoms with E-state index in [1.54, 1.807) is 0 Å². The highest BCUT2D eigenvalue weighted by molar-refractivity contribution is 6.99. The fourth-order valence-corrected chi connectivity index (χ4v) is 9.35. The standard InChI is InChI=1S/C26H36FNO3Si/c1-25(2,3)30-24(29)28-18-17-23(22(28)19-27)31-32(26(4,5)6,20-13-9-7-10-14-20)21-15-11-8-12-16-21/h7-16,22-23H,17-19H2,1-6H3/t22-,23+/m1/s1. The summed E-state index contributed by atoms with van der Waals surface area (Å²) in [5.74, 6) is 0. The van der Waals surface area contributed by atoms with Gasteiger partial charge in [-0.05, 0) is 42.6 Å². The highest BCUT2D eigenvalue weighted by Gasteiger charge is 2.54. The van der Waals surface area contributed by atoms with Crippen LogP contribution in [0.4, 0.5) is 9.18 Å². The third kappa shape index (κ3) is 4.91. The molecule has 2 aromatic carbocycles. The van der Waals surface area contributed by atoms with Crippen LogP contribution in [-0.4, -0.2) is 50.3 Å². The first kappa shape index (κ1) is 24.5. The van der Waals surface area contributed by atoms with Crippen molar-refractivity contribution in [3.63, 3.8) is 0 Å². The molecule has 0 unspecified atom stereocenters. The topological polar surface area (TPSA) is 38.8 Å². The summed E-state index contributed by atoms with van der Waals surface area (Å²) in [6.45, 7) is 11.8. The zero-order chi connectivity index (χ0) is 23.6. The lowest BCUT2D eigenvalue weighted by atomic mass is 10.2. The van der Waals surface area contributed by atoms with Crippen LogP contribution in [0.2, 0.25) is 5.04 Å². The number of amides is 1. The van der Waals surface area contributed by atoms with Gasteiger partial charge >= 0.3 is 6.09 Å². The molecule has 0 radical (unpaired) electrons. The van der Waals surface area contributed by atoms with Crippen LogP contribution in [0, 0.1) is 0 Å². The van der Waals surface area contributed by atoms with Crippen molar-refractivity contribution in [1.82, 2.24) is 4.90 Å². The zero-order valence-electron chi connectivity index (χ0n) is 20.1. The van der Waals surface area contributed by atoms with E-state index < -0.39 is 38.8 Å². The monoisotopic (exact) mass is 457 g/mol. The van der Waals surface area contributed by atoms with E-state index in [0.29, 0.717) is 13.0 Å². The first-order valence-electron chi connectivity index (χ1n) is 11.3. The van der Waals surface area contributed by atoms with E-state index in [4.69, 9.17) is 9.16 Å². The molecule has 0 aromatic heterocycles. The van der Waals surface area contributed by atoms with Crippen LogP contribution >= 0.6 is 0 Å². The van der Waals surface area contributed by atoms with E-state index in [-0.39, 0.29) is 5.04 Å². The van der Waals surface area contributed by atoms with Crippen LogP contribution in [0.15, 0.2) is 60.7 Å². The largest absolute Gasteiger partial charge is 0.444 e. The Morgan fingerprint density at radius 2 is 1.47 bits per heavy atom. The van der Waals surface area contributed by atoms with Gasteiger partial charge in [0.2, 0.25) is 0 Å². The van der Waals surface area contributed by atoms with Gasteiger partial charge in [0.15, 0.2) is 0 Å². The molecule has 174 valence electrons. The summed E-state index contributed by atoms with van der Waals surface area (Å²) in [6.07, 6.45) is -0.300. The molecule has 1 fully saturated rings. The number of ether oxygens (including phenoxy) is 1. The van der Waals surface area contributed by atoms with E-state index in [1.807, 2.05) is 57.2 Å². The van der Waals surface area contributed by atoms with Crippen molar-refractivity contribution in [3.05, 3.63) is 60.7 Å². The first-order valence-corrected chi connectivity index (χ1v) is 13.2. The second kappa shape index (κ2) is 9.36. The third-order valence-corrected chi connectivity index (χ3v) is 11.1.